The van der Waals surface area contributed by atoms with Gasteiger partial charge < -0.3 is 14.5 Å². The zero-order valence-electron chi connectivity index (χ0n) is 15.6. The molecular formula is C19H32N2O3. The normalized spacial score (nSPS) is 22.3. The summed E-state index contributed by atoms with van der Waals surface area (Å²) in [7, 11) is 1.79. The number of ether oxygens (including phenoxy) is 1. The van der Waals surface area contributed by atoms with Gasteiger partial charge in [-0.05, 0) is 58.8 Å². The van der Waals surface area contributed by atoms with Gasteiger partial charge in [-0.15, -0.1) is 0 Å². The lowest BCUT2D eigenvalue weighted by Crippen LogP contribution is -2.44. The van der Waals surface area contributed by atoms with Crippen LogP contribution in [-0.4, -0.2) is 54.1 Å². The molecule has 1 aliphatic carbocycles. The Morgan fingerprint density at radius 2 is 1.83 bits per heavy atom. The highest BCUT2D eigenvalue weighted by Gasteiger charge is 2.29. The monoisotopic (exact) mass is 336 g/mol. The molecule has 0 aromatic heterocycles. The van der Waals surface area contributed by atoms with E-state index in [0.717, 1.165) is 45.2 Å². The summed E-state index contributed by atoms with van der Waals surface area (Å²) in [5, 5.41) is 0. The van der Waals surface area contributed by atoms with Crippen LogP contribution in [-0.2, 0) is 9.53 Å². The van der Waals surface area contributed by atoms with Crippen LogP contribution < -0.4 is 0 Å². The number of hydrogen-bond donors (Lipinski definition) is 0. The highest BCUT2D eigenvalue weighted by Crippen LogP contribution is 2.25. The number of carbonyl (C=O) groups excluding carboxylic acids is 2. The van der Waals surface area contributed by atoms with Crippen molar-refractivity contribution in [2.45, 2.75) is 58.5 Å². The van der Waals surface area contributed by atoms with Gasteiger partial charge in [-0.3, -0.25) is 4.79 Å². The van der Waals surface area contributed by atoms with Gasteiger partial charge in [0.1, 0.15) is 5.60 Å². The van der Waals surface area contributed by atoms with Gasteiger partial charge in [-0.25, -0.2) is 4.79 Å². The molecular weight excluding hydrogens is 304 g/mol. The molecule has 0 spiro atoms. The molecule has 2 amide bonds. The van der Waals surface area contributed by atoms with Crippen molar-refractivity contribution in [3.05, 3.63) is 12.2 Å². The number of likely N-dealkylation sites (tertiary alicyclic amines) is 1. The van der Waals surface area contributed by atoms with Gasteiger partial charge >= 0.3 is 6.09 Å². The van der Waals surface area contributed by atoms with E-state index < -0.39 is 5.60 Å². The van der Waals surface area contributed by atoms with Gasteiger partial charge in [0.15, 0.2) is 0 Å². The second-order valence-corrected chi connectivity index (χ2v) is 8.11. The maximum Gasteiger partial charge on any atom is 0.410 e. The highest BCUT2D eigenvalue weighted by atomic mass is 16.6. The molecule has 0 bridgehead atoms. The molecule has 1 aliphatic heterocycles. The molecule has 5 heteroatoms. The SMILES string of the molecule is CN(CC1CCN(C(=O)C2CC=CCC2)CC1)C(=O)OC(C)(C)C. The predicted octanol–water partition coefficient (Wildman–Crippen LogP) is 3.45. The Balaban J connectivity index is 1.75. The average molecular weight is 336 g/mol. The fourth-order valence-corrected chi connectivity index (χ4v) is 3.41. The molecule has 24 heavy (non-hydrogen) atoms. The molecule has 0 radical (unpaired) electrons. The summed E-state index contributed by atoms with van der Waals surface area (Å²) in [6, 6.07) is 0. The first-order valence-corrected chi connectivity index (χ1v) is 9.14. The van der Waals surface area contributed by atoms with Crippen LogP contribution in [0.25, 0.3) is 0 Å². The number of amides is 2. The number of allylic oxidation sites excluding steroid dienone is 2. The Labute approximate surface area is 146 Å². The minimum atomic E-state index is -0.463. The summed E-state index contributed by atoms with van der Waals surface area (Å²) in [5.74, 6) is 0.937. The van der Waals surface area contributed by atoms with Crippen LogP contribution in [0, 0.1) is 11.8 Å². The first-order chi connectivity index (χ1) is 11.3. The second-order valence-electron chi connectivity index (χ2n) is 8.11. The molecule has 1 saturated heterocycles. The van der Waals surface area contributed by atoms with Crippen LogP contribution in [0.4, 0.5) is 4.79 Å². The highest BCUT2D eigenvalue weighted by molar-refractivity contribution is 5.79. The minimum Gasteiger partial charge on any atom is -0.444 e. The lowest BCUT2D eigenvalue weighted by molar-refractivity contribution is -0.137. The van der Waals surface area contributed by atoms with Crippen LogP contribution in [0.1, 0.15) is 52.9 Å². The van der Waals surface area contributed by atoms with Crippen LogP contribution in [0.2, 0.25) is 0 Å². The van der Waals surface area contributed by atoms with E-state index in [1.807, 2.05) is 25.7 Å². The van der Waals surface area contributed by atoms with Crippen molar-refractivity contribution in [2.24, 2.45) is 11.8 Å². The third kappa shape index (κ3) is 5.53. The van der Waals surface area contributed by atoms with Crippen LogP contribution >= 0.6 is 0 Å². The summed E-state index contributed by atoms with van der Waals surface area (Å²) in [5.41, 5.74) is -0.463. The lowest BCUT2D eigenvalue weighted by Gasteiger charge is -2.36. The minimum absolute atomic E-state index is 0.177. The number of nitrogens with zero attached hydrogens (tertiary/aromatic N) is 2. The maximum absolute atomic E-state index is 12.6. The summed E-state index contributed by atoms with van der Waals surface area (Å²) in [6.07, 6.45) is 8.85. The smallest absolute Gasteiger partial charge is 0.410 e. The zero-order chi connectivity index (χ0) is 17.7. The first-order valence-electron chi connectivity index (χ1n) is 9.14. The number of hydrogen-bond acceptors (Lipinski definition) is 3. The molecule has 136 valence electrons. The molecule has 1 unspecified atom stereocenters. The number of piperidine rings is 1. The van der Waals surface area contributed by atoms with E-state index in [0.29, 0.717) is 18.4 Å². The molecule has 1 atom stereocenters. The van der Waals surface area contributed by atoms with Gasteiger partial charge in [-0.1, -0.05) is 12.2 Å². The van der Waals surface area contributed by atoms with E-state index >= 15 is 0 Å². The van der Waals surface area contributed by atoms with Gasteiger partial charge in [0, 0.05) is 32.6 Å². The van der Waals surface area contributed by atoms with E-state index in [9.17, 15) is 9.59 Å². The summed E-state index contributed by atoms with van der Waals surface area (Å²) >= 11 is 0. The van der Waals surface area contributed by atoms with Crippen molar-refractivity contribution < 1.29 is 14.3 Å². The average Bonchev–Trinajstić information content (AvgIpc) is 2.54. The molecule has 5 nitrogen and oxygen atoms in total. The van der Waals surface area contributed by atoms with Gasteiger partial charge in [0.05, 0.1) is 0 Å². The molecule has 0 saturated carbocycles. The quantitative estimate of drug-likeness (QED) is 0.742. The van der Waals surface area contributed by atoms with Crippen molar-refractivity contribution in [1.82, 2.24) is 9.80 Å². The number of rotatable bonds is 3. The molecule has 2 rings (SSSR count). The predicted molar refractivity (Wildman–Crippen MR) is 94.6 cm³/mol. The van der Waals surface area contributed by atoms with Crippen molar-refractivity contribution in [2.75, 3.05) is 26.7 Å². The van der Waals surface area contributed by atoms with Crippen LogP contribution in [0.3, 0.4) is 0 Å². The Kier molecular flexibility index (Phi) is 6.30. The second kappa shape index (κ2) is 8.04. The summed E-state index contributed by atoms with van der Waals surface area (Å²) in [4.78, 5) is 28.3. The van der Waals surface area contributed by atoms with E-state index in [-0.39, 0.29) is 12.0 Å². The fourth-order valence-electron chi connectivity index (χ4n) is 3.41. The van der Waals surface area contributed by atoms with Crippen LogP contribution in [0.5, 0.6) is 0 Å². The van der Waals surface area contributed by atoms with E-state index in [4.69, 9.17) is 4.74 Å². The first kappa shape index (κ1) is 18.8. The van der Waals surface area contributed by atoms with Gasteiger partial charge in [0.25, 0.3) is 0 Å². The van der Waals surface area contributed by atoms with Crippen molar-refractivity contribution in [3.8, 4) is 0 Å². The van der Waals surface area contributed by atoms with Crippen molar-refractivity contribution >= 4 is 12.0 Å². The third-order valence-corrected chi connectivity index (χ3v) is 4.78. The largest absolute Gasteiger partial charge is 0.444 e. The number of carbonyl (C=O) groups is 2. The van der Waals surface area contributed by atoms with E-state index in [1.165, 1.54) is 0 Å². The molecule has 1 heterocycles. The topological polar surface area (TPSA) is 49.9 Å². The fraction of sp³-hybridized carbons (Fsp3) is 0.789. The van der Waals surface area contributed by atoms with Gasteiger partial charge in [-0.2, -0.15) is 0 Å². The standard InChI is InChI=1S/C19H32N2O3/c1-19(2,3)24-18(23)20(4)14-15-10-12-21(13-11-15)17(22)16-8-6-5-7-9-16/h5-6,15-16H,7-14H2,1-4H3. The van der Waals surface area contributed by atoms with Crippen molar-refractivity contribution in [1.29, 1.82) is 0 Å². The molecule has 2 aliphatic rings. The lowest BCUT2D eigenvalue weighted by atomic mass is 9.90. The Bertz CT molecular complexity index is 473. The van der Waals surface area contributed by atoms with Crippen molar-refractivity contribution in [3.63, 3.8) is 0 Å². The maximum atomic E-state index is 12.6. The Morgan fingerprint density at radius 3 is 2.38 bits per heavy atom. The molecule has 0 aromatic carbocycles. The Hall–Kier alpha value is -1.52. The van der Waals surface area contributed by atoms with E-state index in [1.54, 1.807) is 11.9 Å². The summed E-state index contributed by atoms with van der Waals surface area (Å²) < 4.78 is 5.40. The summed E-state index contributed by atoms with van der Waals surface area (Å²) in [6.45, 7) is 7.96. The molecule has 1 fully saturated rings. The third-order valence-electron chi connectivity index (χ3n) is 4.78. The Morgan fingerprint density at radius 1 is 1.17 bits per heavy atom. The van der Waals surface area contributed by atoms with Crippen LogP contribution in [0.15, 0.2) is 12.2 Å². The zero-order valence-corrected chi connectivity index (χ0v) is 15.6. The van der Waals surface area contributed by atoms with E-state index in [2.05, 4.69) is 12.2 Å². The van der Waals surface area contributed by atoms with Gasteiger partial charge in [0.2, 0.25) is 5.91 Å². The molecule has 0 aromatic rings. The molecule has 0 N–H and O–H groups in total.